The molecule has 4 aliphatic carbocycles. The molecule has 0 radical (unpaired) electrons. The molecule has 0 bridgehead atoms. The van der Waals surface area contributed by atoms with Crippen LogP contribution in [0.4, 0.5) is 0 Å². The number of hydrogen-bond acceptors (Lipinski definition) is 3. The first-order chi connectivity index (χ1) is 10.7. The number of rotatable bonds is 0. The Balaban J connectivity index is 1.79. The Morgan fingerprint density at radius 2 is 1.70 bits per heavy atom. The van der Waals surface area contributed by atoms with Gasteiger partial charge in [-0.15, -0.1) is 11.6 Å². The van der Waals surface area contributed by atoms with Crippen LogP contribution >= 0.6 is 11.6 Å². The molecule has 126 valence electrons. The highest BCUT2D eigenvalue weighted by Gasteiger charge is 2.70. The van der Waals surface area contributed by atoms with E-state index in [-0.39, 0.29) is 34.7 Å². The fraction of sp³-hybridized carbons (Fsp3) is 0.842. The molecule has 23 heavy (non-hydrogen) atoms. The number of alkyl halides is 1. The highest BCUT2D eigenvalue weighted by atomic mass is 35.5. The molecule has 0 aromatic rings. The summed E-state index contributed by atoms with van der Waals surface area (Å²) in [5.74, 6) is 1.19. The van der Waals surface area contributed by atoms with Gasteiger partial charge in [-0.3, -0.25) is 14.4 Å². The second kappa shape index (κ2) is 4.68. The van der Waals surface area contributed by atoms with Gasteiger partial charge in [-0.05, 0) is 48.9 Å². The Kier molecular flexibility index (Phi) is 3.22. The topological polar surface area (TPSA) is 51.2 Å². The van der Waals surface area contributed by atoms with Crippen LogP contribution in [0.15, 0.2) is 0 Å². The van der Waals surface area contributed by atoms with Gasteiger partial charge in [0.25, 0.3) is 0 Å². The van der Waals surface area contributed by atoms with Crippen LogP contribution in [-0.2, 0) is 14.4 Å². The summed E-state index contributed by atoms with van der Waals surface area (Å²) < 4.78 is 0. The Morgan fingerprint density at radius 1 is 0.957 bits per heavy atom. The van der Waals surface area contributed by atoms with Crippen LogP contribution in [0, 0.1) is 28.6 Å². The van der Waals surface area contributed by atoms with E-state index in [0.29, 0.717) is 31.5 Å². The lowest BCUT2D eigenvalue weighted by Gasteiger charge is -2.62. The zero-order chi connectivity index (χ0) is 16.6. The van der Waals surface area contributed by atoms with Gasteiger partial charge in [-0.2, -0.15) is 0 Å². The standard InChI is InChI=1S/C19H25ClO3/c1-17-10-16(23)19(20)14(13(17)5-6-15(17)22)4-3-11-9-12(21)7-8-18(11,19)2/h11,13-14H,3-10H2,1-2H3/t11-,13-,14-,17-,18-,19-/m0/s1. The van der Waals surface area contributed by atoms with Crippen molar-refractivity contribution < 1.29 is 14.4 Å². The van der Waals surface area contributed by atoms with Gasteiger partial charge in [-0.25, -0.2) is 0 Å². The Hall–Kier alpha value is -0.700. The number of fused-ring (bicyclic) bond motifs is 5. The normalized spacial score (nSPS) is 52.8. The average molecular weight is 337 g/mol. The second-order valence-corrected chi connectivity index (χ2v) is 9.43. The van der Waals surface area contributed by atoms with Crippen LogP contribution in [-0.4, -0.2) is 22.2 Å². The predicted molar refractivity (Wildman–Crippen MR) is 87.2 cm³/mol. The second-order valence-electron chi connectivity index (χ2n) is 8.84. The van der Waals surface area contributed by atoms with E-state index in [1.807, 2.05) is 6.92 Å². The van der Waals surface area contributed by atoms with Crippen molar-refractivity contribution in [3.8, 4) is 0 Å². The summed E-state index contributed by atoms with van der Waals surface area (Å²) in [4.78, 5) is 36.7. The zero-order valence-corrected chi connectivity index (χ0v) is 14.7. The third-order valence-corrected chi connectivity index (χ3v) is 8.95. The first-order valence-corrected chi connectivity index (χ1v) is 9.38. The molecule has 4 aliphatic rings. The minimum atomic E-state index is -0.870. The fourth-order valence-electron chi connectivity index (χ4n) is 6.55. The van der Waals surface area contributed by atoms with Gasteiger partial charge in [0, 0.05) is 31.1 Å². The molecule has 0 N–H and O–H groups in total. The van der Waals surface area contributed by atoms with E-state index >= 15 is 0 Å². The van der Waals surface area contributed by atoms with E-state index in [1.165, 1.54) is 0 Å². The van der Waals surface area contributed by atoms with Crippen molar-refractivity contribution in [2.75, 3.05) is 0 Å². The zero-order valence-electron chi connectivity index (χ0n) is 14.0. The monoisotopic (exact) mass is 336 g/mol. The number of carbonyl (C=O) groups excluding carboxylic acids is 3. The van der Waals surface area contributed by atoms with Gasteiger partial charge in [-0.1, -0.05) is 13.8 Å². The number of ketones is 3. The number of Topliss-reactive ketones (excluding diaryl/α,β-unsaturated/α-hetero) is 3. The van der Waals surface area contributed by atoms with E-state index in [9.17, 15) is 14.4 Å². The van der Waals surface area contributed by atoms with Crippen LogP contribution < -0.4 is 0 Å². The summed E-state index contributed by atoms with van der Waals surface area (Å²) in [6.07, 6.45) is 5.46. The van der Waals surface area contributed by atoms with Crippen LogP contribution in [0.25, 0.3) is 0 Å². The van der Waals surface area contributed by atoms with Crippen molar-refractivity contribution in [3.63, 3.8) is 0 Å². The van der Waals surface area contributed by atoms with Gasteiger partial charge in [0.15, 0.2) is 5.78 Å². The maximum Gasteiger partial charge on any atom is 0.155 e. The molecule has 4 fully saturated rings. The van der Waals surface area contributed by atoms with E-state index in [0.717, 1.165) is 25.7 Å². The van der Waals surface area contributed by atoms with Crippen molar-refractivity contribution in [1.29, 1.82) is 0 Å². The molecule has 0 unspecified atom stereocenters. The quantitative estimate of drug-likeness (QED) is 0.634. The molecule has 3 nitrogen and oxygen atoms in total. The lowest BCUT2D eigenvalue weighted by molar-refractivity contribution is -0.156. The number of hydrogen-bond donors (Lipinski definition) is 0. The Labute approximate surface area is 142 Å². The molecular weight excluding hydrogens is 312 g/mol. The molecule has 4 heteroatoms. The minimum Gasteiger partial charge on any atom is -0.300 e. The lowest BCUT2D eigenvalue weighted by Crippen LogP contribution is -2.67. The first kappa shape index (κ1) is 15.8. The Bertz CT molecular complexity index is 614. The lowest BCUT2D eigenvalue weighted by atomic mass is 9.44. The highest BCUT2D eigenvalue weighted by Crippen LogP contribution is 2.68. The number of halogens is 1. The van der Waals surface area contributed by atoms with Crippen molar-refractivity contribution >= 4 is 29.0 Å². The van der Waals surface area contributed by atoms with Crippen molar-refractivity contribution in [1.82, 2.24) is 0 Å². The molecular formula is C19H25ClO3. The first-order valence-electron chi connectivity index (χ1n) is 9.01. The van der Waals surface area contributed by atoms with Gasteiger partial charge in [0.05, 0.1) is 0 Å². The van der Waals surface area contributed by atoms with E-state index in [4.69, 9.17) is 11.6 Å². The summed E-state index contributed by atoms with van der Waals surface area (Å²) in [5.41, 5.74) is -0.788. The molecule has 0 aliphatic heterocycles. The SMILES string of the molecule is C[C@]12CCC(=O)C[C@@H]1CC[C@H]1[C@@H]3CCC(=O)[C@@]3(C)CC(=O)[C@@]12Cl. The average Bonchev–Trinajstić information content (AvgIpc) is 2.77. The van der Waals surface area contributed by atoms with Crippen molar-refractivity contribution in [3.05, 3.63) is 0 Å². The Morgan fingerprint density at radius 3 is 2.43 bits per heavy atom. The molecule has 0 heterocycles. The summed E-state index contributed by atoms with van der Waals surface area (Å²) in [6, 6.07) is 0. The molecule has 0 aromatic carbocycles. The molecule has 4 saturated carbocycles. The number of carbonyl (C=O) groups is 3. The van der Waals surface area contributed by atoms with E-state index in [2.05, 4.69) is 6.92 Å². The largest absolute Gasteiger partial charge is 0.300 e. The minimum absolute atomic E-state index is 0.0692. The van der Waals surface area contributed by atoms with Gasteiger partial charge >= 0.3 is 0 Å². The van der Waals surface area contributed by atoms with E-state index < -0.39 is 10.3 Å². The summed E-state index contributed by atoms with van der Waals surface area (Å²) >= 11 is 7.19. The smallest absolute Gasteiger partial charge is 0.155 e. The highest BCUT2D eigenvalue weighted by molar-refractivity contribution is 6.37. The molecule has 4 rings (SSSR count). The maximum atomic E-state index is 13.2. The van der Waals surface area contributed by atoms with E-state index in [1.54, 1.807) is 0 Å². The maximum absolute atomic E-state index is 13.2. The van der Waals surface area contributed by atoms with Crippen molar-refractivity contribution in [2.24, 2.45) is 28.6 Å². The van der Waals surface area contributed by atoms with Gasteiger partial charge in [0.2, 0.25) is 0 Å². The fourth-order valence-corrected chi connectivity index (χ4v) is 7.12. The van der Waals surface area contributed by atoms with Crippen LogP contribution in [0.2, 0.25) is 0 Å². The van der Waals surface area contributed by atoms with Crippen LogP contribution in [0.5, 0.6) is 0 Å². The third-order valence-electron chi connectivity index (χ3n) is 8.02. The molecule has 6 atom stereocenters. The molecule has 0 aromatic heterocycles. The molecule has 0 saturated heterocycles. The van der Waals surface area contributed by atoms with Crippen LogP contribution in [0.1, 0.15) is 65.2 Å². The summed E-state index contributed by atoms with van der Waals surface area (Å²) in [6.45, 7) is 4.13. The molecule has 0 spiro atoms. The van der Waals surface area contributed by atoms with Crippen molar-refractivity contribution in [2.45, 2.75) is 70.1 Å². The van der Waals surface area contributed by atoms with Gasteiger partial charge in [0.1, 0.15) is 16.4 Å². The molecule has 0 amide bonds. The summed E-state index contributed by atoms with van der Waals surface area (Å²) in [5, 5.41) is 0. The third kappa shape index (κ3) is 1.75. The van der Waals surface area contributed by atoms with Gasteiger partial charge < -0.3 is 0 Å². The predicted octanol–water partition coefficient (Wildman–Crippen LogP) is 3.71. The summed E-state index contributed by atoms with van der Waals surface area (Å²) in [7, 11) is 0. The van der Waals surface area contributed by atoms with Crippen LogP contribution in [0.3, 0.4) is 0 Å².